The second-order valence-electron chi connectivity index (χ2n) is 11.6. The van der Waals surface area contributed by atoms with Crippen LogP contribution in [-0.4, -0.2) is 87.4 Å². The molecule has 1 fully saturated rings. The van der Waals surface area contributed by atoms with Gasteiger partial charge in [-0.3, -0.25) is 33.8 Å². The number of likely N-dealkylation sites (tertiary alicyclic amines) is 1. The topological polar surface area (TPSA) is 180 Å². The van der Waals surface area contributed by atoms with Gasteiger partial charge in [0, 0.05) is 25.0 Å². The second kappa shape index (κ2) is 16.5. The zero-order valence-electron chi connectivity index (χ0n) is 25.8. The van der Waals surface area contributed by atoms with Crippen LogP contribution in [0.4, 0.5) is 0 Å². The summed E-state index contributed by atoms with van der Waals surface area (Å²) in [5.41, 5.74) is -0.698. The highest BCUT2D eigenvalue weighted by Gasteiger charge is 2.46. The van der Waals surface area contributed by atoms with Crippen LogP contribution in [0.5, 0.6) is 0 Å². The van der Waals surface area contributed by atoms with Gasteiger partial charge in [-0.05, 0) is 31.1 Å². The lowest BCUT2D eigenvalue weighted by Gasteiger charge is -2.38. The molecule has 1 aliphatic rings. The summed E-state index contributed by atoms with van der Waals surface area (Å²) < 4.78 is 0. The molecule has 0 bridgehead atoms. The number of ketones is 1. The van der Waals surface area contributed by atoms with E-state index in [1.807, 2.05) is 13.8 Å². The number of rotatable bonds is 15. The molecule has 0 spiro atoms. The van der Waals surface area contributed by atoms with Crippen molar-refractivity contribution in [1.29, 1.82) is 0 Å². The van der Waals surface area contributed by atoms with E-state index in [-0.39, 0.29) is 24.7 Å². The Hall–Kier alpha value is -4.16. The Morgan fingerprint density at radius 3 is 2.35 bits per heavy atom. The van der Waals surface area contributed by atoms with Crippen molar-refractivity contribution in [2.45, 2.75) is 97.3 Å². The van der Waals surface area contributed by atoms with Crippen molar-refractivity contribution in [3.05, 3.63) is 36.9 Å². The molecule has 1 aromatic rings. The molecule has 4 N–H and O–H groups in total. The smallest absolute Gasteiger partial charge is 0.289 e. The molecule has 2 rings (SSSR count). The zero-order chi connectivity index (χ0) is 32.2. The molecule has 2 heterocycles. The Morgan fingerprint density at radius 2 is 1.77 bits per heavy atom. The van der Waals surface area contributed by atoms with E-state index in [1.54, 1.807) is 20.8 Å². The summed E-state index contributed by atoms with van der Waals surface area (Å²) in [5, 5.41) is 10.4. The number of hydrogen-bond donors (Lipinski definition) is 4. The van der Waals surface area contributed by atoms with E-state index in [1.165, 1.54) is 29.6 Å². The molecule has 0 aliphatic carbocycles. The molecule has 5 amide bonds. The van der Waals surface area contributed by atoms with Crippen LogP contribution < -0.4 is 21.3 Å². The first kappa shape index (κ1) is 35.0. The van der Waals surface area contributed by atoms with Crippen LogP contribution in [0.1, 0.15) is 83.6 Å². The summed E-state index contributed by atoms with van der Waals surface area (Å²) in [6.07, 6.45) is 8.66. The normalized spacial score (nSPS) is 17.7. The minimum atomic E-state index is -1.04. The van der Waals surface area contributed by atoms with E-state index < -0.39 is 65.4 Å². The average Bonchev–Trinajstić information content (AvgIpc) is 3.40. The number of nitrogens with zero attached hydrogens (tertiary/aromatic N) is 3. The minimum absolute atomic E-state index is 0.0464. The molecule has 1 aliphatic heterocycles. The maximum Gasteiger partial charge on any atom is 0.289 e. The number of amides is 5. The molecule has 1 saturated heterocycles. The van der Waals surface area contributed by atoms with Crippen LogP contribution in [0.25, 0.3) is 0 Å². The fourth-order valence-corrected chi connectivity index (χ4v) is 5.00. The highest BCUT2D eigenvalue weighted by Crippen LogP contribution is 2.31. The van der Waals surface area contributed by atoms with Gasteiger partial charge in [-0.2, -0.15) is 0 Å². The first-order valence-corrected chi connectivity index (χ1v) is 14.7. The predicted octanol–water partition coefficient (Wildman–Crippen LogP) is 1.05. The third-order valence-corrected chi connectivity index (χ3v) is 7.15. The molecule has 13 heteroatoms. The van der Waals surface area contributed by atoms with Crippen LogP contribution in [0.2, 0.25) is 0 Å². The second-order valence-corrected chi connectivity index (χ2v) is 11.6. The van der Waals surface area contributed by atoms with Crippen LogP contribution in [-0.2, 0) is 24.0 Å². The summed E-state index contributed by atoms with van der Waals surface area (Å²) in [6, 6.07) is -3.19. The zero-order valence-corrected chi connectivity index (χ0v) is 25.8. The number of carbonyl (C=O) groups is 6. The van der Waals surface area contributed by atoms with Gasteiger partial charge >= 0.3 is 0 Å². The van der Waals surface area contributed by atoms with Crippen LogP contribution in [0.3, 0.4) is 0 Å². The summed E-state index contributed by atoms with van der Waals surface area (Å²) >= 11 is 0. The Balaban J connectivity index is 2.23. The maximum atomic E-state index is 14.1. The Bertz CT molecular complexity index is 1170. The van der Waals surface area contributed by atoms with E-state index in [9.17, 15) is 28.8 Å². The number of aromatic nitrogens is 2. The largest absolute Gasteiger partial charge is 0.346 e. The van der Waals surface area contributed by atoms with Gasteiger partial charge in [0.2, 0.25) is 23.5 Å². The van der Waals surface area contributed by atoms with E-state index in [4.69, 9.17) is 0 Å². The summed E-state index contributed by atoms with van der Waals surface area (Å²) in [5.74, 6) is -3.71. The molecule has 0 radical (unpaired) electrons. The van der Waals surface area contributed by atoms with Gasteiger partial charge < -0.3 is 26.2 Å². The first-order valence-electron chi connectivity index (χ1n) is 14.7. The highest BCUT2D eigenvalue weighted by molar-refractivity contribution is 6.38. The molecule has 1 aromatic heterocycles. The van der Waals surface area contributed by atoms with Crippen molar-refractivity contribution < 1.29 is 28.8 Å². The van der Waals surface area contributed by atoms with Crippen molar-refractivity contribution in [2.24, 2.45) is 5.41 Å². The Kier molecular flexibility index (Phi) is 13.4. The third kappa shape index (κ3) is 9.97. The number of nitrogens with one attached hydrogen (secondary N) is 4. The molecule has 0 unspecified atom stereocenters. The van der Waals surface area contributed by atoms with Crippen molar-refractivity contribution >= 4 is 35.3 Å². The summed E-state index contributed by atoms with van der Waals surface area (Å²) in [7, 11) is 0. The third-order valence-electron chi connectivity index (χ3n) is 7.15. The molecule has 0 aromatic carbocycles. The predicted molar refractivity (Wildman–Crippen MR) is 159 cm³/mol. The Morgan fingerprint density at radius 1 is 1.05 bits per heavy atom. The SMILES string of the molecule is C=CCNC(=O)C(=O)[C@H](CCC)NC(=O)[C@@H]1CC[C@H](CCC)N1C(=O)[C@@H](NC(=O)CNC(=O)c1cnccn1)C(C)(C)C. The molecule has 13 nitrogen and oxygen atoms in total. The fraction of sp³-hybridized carbons (Fsp3) is 0.600. The van der Waals surface area contributed by atoms with Crippen LogP contribution in [0.15, 0.2) is 31.2 Å². The molecular weight excluding hydrogens is 554 g/mol. The van der Waals surface area contributed by atoms with Crippen molar-refractivity contribution in [2.75, 3.05) is 13.1 Å². The molecular formula is C30H45N7O6. The maximum absolute atomic E-state index is 14.1. The fourth-order valence-electron chi connectivity index (χ4n) is 5.00. The average molecular weight is 600 g/mol. The first-order chi connectivity index (χ1) is 20.3. The van der Waals surface area contributed by atoms with Gasteiger partial charge in [0.15, 0.2) is 0 Å². The molecule has 43 heavy (non-hydrogen) atoms. The van der Waals surface area contributed by atoms with Gasteiger partial charge in [0.25, 0.3) is 11.8 Å². The standard InChI is InChI=1S/C30H45N7O6/c1-7-10-19-12-13-22(27(41)35-20(11-8-2)24(39)28(42)33-14-9-3)37(19)29(43)25(30(4,5)6)36-23(38)18-34-26(40)21-17-31-15-16-32-21/h9,15-17,19-20,22,25H,3,7-8,10-14,18H2,1-2,4-6H3,(H,33,42)(H,34,40)(H,35,41)(H,36,38)/t19-,20-,22-,25+/m0/s1. The van der Waals surface area contributed by atoms with Gasteiger partial charge in [0.1, 0.15) is 17.8 Å². The van der Waals surface area contributed by atoms with Crippen LogP contribution >= 0.6 is 0 Å². The van der Waals surface area contributed by atoms with E-state index in [2.05, 4.69) is 37.8 Å². The van der Waals surface area contributed by atoms with Gasteiger partial charge in [-0.1, -0.05) is 53.5 Å². The molecule has 4 atom stereocenters. The van der Waals surface area contributed by atoms with E-state index in [0.29, 0.717) is 25.7 Å². The van der Waals surface area contributed by atoms with Crippen molar-refractivity contribution in [1.82, 2.24) is 36.1 Å². The van der Waals surface area contributed by atoms with Gasteiger partial charge in [0.05, 0.1) is 18.8 Å². The number of Topliss-reactive ketones (excluding diaryl/α,β-unsaturated/α-hetero) is 1. The van der Waals surface area contributed by atoms with Crippen molar-refractivity contribution in [3.8, 4) is 0 Å². The Labute approximate surface area is 253 Å². The van der Waals surface area contributed by atoms with Gasteiger partial charge in [-0.15, -0.1) is 6.58 Å². The quantitative estimate of drug-likeness (QED) is 0.171. The van der Waals surface area contributed by atoms with Gasteiger partial charge in [-0.25, -0.2) is 4.98 Å². The van der Waals surface area contributed by atoms with E-state index >= 15 is 0 Å². The van der Waals surface area contributed by atoms with E-state index in [0.717, 1.165) is 6.42 Å². The number of carbonyl (C=O) groups excluding carboxylic acids is 6. The lowest BCUT2D eigenvalue weighted by molar-refractivity contribution is -0.146. The minimum Gasteiger partial charge on any atom is -0.346 e. The molecule has 0 saturated carbocycles. The van der Waals surface area contributed by atoms with Crippen molar-refractivity contribution in [3.63, 3.8) is 0 Å². The number of hydrogen-bond acceptors (Lipinski definition) is 8. The monoisotopic (exact) mass is 599 g/mol. The lowest BCUT2D eigenvalue weighted by Crippen LogP contribution is -2.61. The summed E-state index contributed by atoms with van der Waals surface area (Å²) in [6.45, 7) is 12.4. The highest BCUT2D eigenvalue weighted by atomic mass is 16.2. The van der Waals surface area contributed by atoms with Crippen LogP contribution in [0, 0.1) is 5.41 Å². The molecule has 236 valence electrons. The lowest BCUT2D eigenvalue weighted by atomic mass is 9.85. The summed E-state index contributed by atoms with van der Waals surface area (Å²) in [4.78, 5) is 87.3.